The molecule has 0 saturated carbocycles. The topological polar surface area (TPSA) is 99.6 Å². The Morgan fingerprint density at radius 1 is 1.31 bits per heavy atom. The highest BCUT2D eigenvalue weighted by molar-refractivity contribution is 5.92. The summed E-state index contributed by atoms with van der Waals surface area (Å²) in [6.07, 6.45) is 1.67. The largest absolute Gasteiger partial charge is 0.390 e. The van der Waals surface area contributed by atoms with Crippen molar-refractivity contribution in [3.8, 4) is 0 Å². The lowest BCUT2D eigenvalue weighted by Gasteiger charge is -2.36. The van der Waals surface area contributed by atoms with Gasteiger partial charge in [-0.3, -0.25) is 9.69 Å². The van der Waals surface area contributed by atoms with Crippen molar-refractivity contribution in [3.05, 3.63) is 53.5 Å². The molecule has 1 fully saturated rings. The number of anilines is 1. The molecule has 154 valence electrons. The highest BCUT2D eigenvalue weighted by Crippen LogP contribution is 2.21. The third kappa shape index (κ3) is 4.72. The number of benzene rings is 1. The number of aliphatic hydroxyl groups excluding tert-OH is 1. The number of aromatic nitrogens is 2. The zero-order chi connectivity index (χ0) is 20.2. The second-order valence-corrected chi connectivity index (χ2v) is 7.67. The van der Waals surface area contributed by atoms with Gasteiger partial charge in [-0.25, -0.2) is 9.97 Å². The number of nitrogens with zero attached hydrogens (tertiary/aromatic N) is 3. The maximum absolute atomic E-state index is 12.5. The molecule has 2 unspecified atom stereocenters. The van der Waals surface area contributed by atoms with Crippen LogP contribution in [0.3, 0.4) is 0 Å². The SMILES string of the molecule is CC(C(O)CNC(=O)c1cc(NC2COC2)ncn1)N1CCc2ccccc2C1. The van der Waals surface area contributed by atoms with E-state index in [0.717, 1.165) is 19.5 Å². The Hall–Kier alpha value is -2.55. The van der Waals surface area contributed by atoms with Gasteiger partial charge < -0.3 is 20.5 Å². The summed E-state index contributed by atoms with van der Waals surface area (Å²) in [6, 6.07) is 10.2. The van der Waals surface area contributed by atoms with E-state index in [9.17, 15) is 9.90 Å². The van der Waals surface area contributed by atoms with Gasteiger partial charge in [0.25, 0.3) is 5.91 Å². The fourth-order valence-corrected chi connectivity index (χ4v) is 3.66. The van der Waals surface area contributed by atoms with Crippen molar-refractivity contribution in [1.82, 2.24) is 20.2 Å². The summed E-state index contributed by atoms with van der Waals surface area (Å²) in [7, 11) is 0. The predicted molar refractivity (Wildman–Crippen MR) is 109 cm³/mol. The van der Waals surface area contributed by atoms with Crippen LogP contribution in [-0.4, -0.2) is 70.4 Å². The number of carbonyl (C=O) groups is 1. The molecule has 0 aliphatic carbocycles. The highest BCUT2D eigenvalue weighted by atomic mass is 16.5. The smallest absolute Gasteiger partial charge is 0.270 e. The zero-order valence-electron chi connectivity index (χ0n) is 16.5. The first-order valence-electron chi connectivity index (χ1n) is 10.0. The van der Waals surface area contributed by atoms with Gasteiger partial charge in [0.15, 0.2) is 0 Å². The van der Waals surface area contributed by atoms with Crippen molar-refractivity contribution < 1.29 is 14.6 Å². The van der Waals surface area contributed by atoms with Gasteiger partial charge in [0.1, 0.15) is 17.8 Å². The Kier molecular flexibility index (Phi) is 6.03. The van der Waals surface area contributed by atoms with Crippen LogP contribution >= 0.6 is 0 Å². The molecule has 2 aliphatic rings. The molecule has 1 amide bonds. The molecule has 2 aliphatic heterocycles. The number of hydrogen-bond donors (Lipinski definition) is 3. The van der Waals surface area contributed by atoms with Gasteiger partial charge >= 0.3 is 0 Å². The number of nitrogens with one attached hydrogen (secondary N) is 2. The van der Waals surface area contributed by atoms with E-state index in [0.29, 0.717) is 19.0 Å². The lowest BCUT2D eigenvalue weighted by molar-refractivity contribution is 0.0209. The van der Waals surface area contributed by atoms with Gasteiger partial charge in [0.05, 0.1) is 25.4 Å². The minimum absolute atomic E-state index is 0.0649. The Morgan fingerprint density at radius 3 is 2.86 bits per heavy atom. The lowest BCUT2D eigenvalue weighted by atomic mass is 9.98. The fourth-order valence-electron chi connectivity index (χ4n) is 3.66. The van der Waals surface area contributed by atoms with E-state index in [1.807, 2.05) is 13.0 Å². The molecule has 1 aromatic heterocycles. The van der Waals surface area contributed by atoms with Gasteiger partial charge in [-0.2, -0.15) is 0 Å². The Morgan fingerprint density at radius 2 is 2.10 bits per heavy atom. The minimum atomic E-state index is -0.671. The molecular weight excluding hydrogens is 370 g/mol. The van der Waals surface area contributed by atoms with E-state index in [1.165, 1.54) is 17.5 Å². The quantitative estimate of drug-likeness (QED) is 0.636. The van der Waals surface area contributed by atoms with Crippen LogP contribution in [0.1, 0.15) is 28.5 Å². The molecule has 8 heteroatoms. The third-order valence-corrected chi connectivity index (χ3v) is 5.65. The van der Waals surface area contributed by atoms with Crippen molar-refractivity contribution in [2.75, 3.05) is 31.6 Å². The molecule has 3 heterocycles. The van der Waals surface area contributed by atoms with Crippen molar-refractivity contribution in [2.24, 2.45) is 0 Å². The first-order valence-corrected chi connectivity index (χ1v) is 10.0. The highest BCUT2D eigenvalue weighted by Gasteiger charge is 2.26. The van der Waals surface area contributed by atoms with Crippen molar-refractivity contribution in [3.63, 3.8) is 0 Å². The Labute approximate surface area is 170 Å². The van der Waals surface area contributed by atoms with Crippen LogP contribution in [0, 0.1) is 0 Å². The molecule has 1 saturated heterocycles. The van der Waals surface area contributed by atoms with Crippen LogP contribution in [0.4, 0.5) is 5.82 Å². The molecule has 0 spiro atoms. The van der Waals surface area contributed by atoms with Crippen molar-refractivity contribution in [2.45, 2.75) is 38.1 Å². The van der Waals surface area contributed by atoms with E-state index >= 15 is 0 Å². The van der Waals surface area contributed by atoms with E-state index in [1.54, 1.807) is 6.07 Å². The number of ether oxygens (including phenoxy) is 1. The third-order valence-electron chi connectivity index (χ3n) is 5.65. The minimum Gasteiger partial charge on any atom is -0.390 e. The summed E-state index contributed by atoms with van der Waals surface area (Å²) < 4.78 is 5.12. The zero-order valence-corrected chi connectivity index (χ0v) is 16.5. The average molecular weight is 397 g/mol. The van der Waals surface area contributed by atoms with Crippen molar-refractivity contribution >= 4 is 11.7 Å². The monoisotopic (exact) mass is 397 g/mol. The number of rotatable bonds is 7. The molecule has 3 N–H and O–H groups in total. The van der Waals surface area contributed by atoms with Gasteiger partial charge in [-0.15, -0.1) is 0 Å². The summed E-state index contributed by atoms with van der Waals surface area (Å²) >= 11 is 0. The van der Waals surface area contributed by atoms with Crippen LogP contribution in [-0.2, 0) is 17.7 Å². The summed E-state index contributed by atoms with van der Waals surface area (Å²) in [4.78, 5) is 22.9. The molecule has 8 nitrogen and oxygen atoms in total. The number of fused-ring (bicyclic) bond motifs is 1. The fraction of sp³-hybridized carbons (Fsp3) is 0.476. The average Bonchev–Trinajstić information content (AvgIpc) is 2.73. The molecule has 2 aromatic rings. The lowest BCUT2D eigenvalue weighted by Crippen LogP contribution is -2.48. The summed E-state index contributed by atoms with van der Waals surface area (Å²) in [6.45, 7) is 5.15. The standard InChI is InChI=1S/C21H27N5O3/c1-14(26-7-6-15-4-2-3-5-16(15)10-26)19(27)9-22-21(28)18-8-20(24-13-23-18)25-17-11-29-12-17/h2-5,8,13-14,17,19,27H,6-7,9-12H2,1H3,(H,22,28)(H,23,24,25). The summed E-state index contributed by atoms with van der Waals surface area (Å²) in [5, 5.41) is 16.6. The maximum Gasteiger partial charge on any atom is 0.270 e. The molecule has 0 radical (unpaired) electrons. The second-order valence-electron chi connectivity index (χ2n) is 7.67. The molecule has 29 heavy (non-hydrogen) atoms. The van der Waals surface area contributed by atoms with E-state index < -0.39 is 6.10 Å². The van der Waals surface area contributed by atoms with Gasteiger partial charge in [0, 0.05) is 31.7 Å². The second kappa shape index (κ2) is 8.86. The summed E-state index contributed by atoms with van der Waals surface area (Å²) in [5.74, 6) is 0.273. The van der Waals surface area contributed by atoms with E-state index in [2.05, 4.69) is 43.7 Å². The van der Waals surface area contributed by atoms with Gasteiger partial charge in [0.2, 0.25) is 0 Å². The number of amides is 1. The molecule has 1 aromatic carbocycles. The molecular formula is C21H27N5O3. The van der Waals surface area contributed by atoms with Crippen LogP contribution in [0.2, 0.25) is 0 Å². The maximum atomic E-state index is 12.5. The molecule has 4 rings (SSSR count). The number of aliphatic hydroxyl groups is 1. The molecule has 0 bridgehead atoms. The van der Waals surface area contributed by atoms with Crippen LogP contribution < -0.4 is 10.6 Å². The van der Waals surface area contributed by atoms with Crippen LogP contribution in [0.5, 0.6) is 0 Å². The number of carbonyl (C=O) groups excluding carboxylic acids is 1. The van der Waals surface area contributed by atoms with Crippen molar-refractivity contribution in [1.29, 1.82) is 0 Å². The Bertz CT molecular complexity index is 858. The first kappa shape index (κ1) is 19.8. The van der Waals surface area contributed by atoms with Crippen LogP contribution in [0.15, 0.2) is 36.7 Å². The van der Waals surface area contributed by atoms with E-state index in [-0.39, 0.29) is 30.2 Å². The molecule has 2 atom stereocenters. The van der Waals surface area contributed by atoms with Crippen LogP contribution in [0.25, 0.3) is 0 Å². The van der Waals surface area contributed by atoms with Gasteiger partial charge in [-0.05, 0) is 24.5 Å². The number of hydrogen-bond acceptors (Lipinski definition) is 7. The predicted octanol–water partition coefficient (Wildman–Crippen LogP) is 0.825. The van der Waals surface area contributed by atoms with Gasteiger partial charge in [-0.1, -0.05) is 24.3 Å². The normalized spacial score (nSPS) is 19.0. The summed E-state index contributed by atoms with van der Waals surface area (Å²) in [5.41, 5.74) is 2.95. The first-order chi connectivity index (χ1) is 14.1. The van der Waals surface area contributed by atoms with E-state index in [4.69, 9.17) is 4.74 Å². The Balaban J connectivity index is 1.29.